The molecule has 0 saturated heterocycles. The van der Waals surface area contributed by atoms with Crippen molar-refractivity contribution in [3.8, 4) is 5.75 Å². The number of thioether (sulfide) groups is 1. The van der Waals surface area contributed by atoms with Gasteiger partial charge in [0.25, 0.3) is 0 Å². The average Bonchev–Trinajstić information content (AvgIpc) is 2.55. The van der Waals surface area contributed by atoms with Crippen LogP contribution in [-0.2, 0) is 0 Å². The Hall–Kier alpha value is -0.870. The van der Waals surface area contributed by atoms with Gasteiger partial charge in [0, 0.05) is 15.5 Å². The molecule has 0 spiro atoms. The Labute approximate surface area is 161 Å². The van der Waals surface area contributed by atoms with Crippen molar-refractivity contribution in [2.45, 2.75) is 31.1 Å². The van der Waals surface area contributed by atoms with Crippen LogP contribution < -0.4 is 4.74 Å². The van der Waals surface area contributed by atoms with Gasteiger partial charge in [0.1, 0.15) is 0 Å². The van der Waals surface area contributed by atoms with Crippen molar-refractivity contribution < 1.29 is 9.53 Å². The lowest BCUT2D eigenvalue weighted by Crippen LogP contribution is -2.00. The minimum absolute atomic E-state index is 0.140. The first-order valence-electron chi connectivity index (χ1n) is 7.61. The van der Waals surface area contributed by atoms with Crippen LogP contribution in [0.25, 0.3) is 0 Å². The van der Waals surface area contributed by atoms with Crippen molar-refractivity contribution in [2.75, 3.05) is 6.61 Å². The van der Waals surface area contributed by atoms with Gasteiger partial charge < -0.3 is 4.74 Å². The summed E-state index contributed by atoms with van der Waals surface area (Å²) in [6, 6.07) is 10.2. The highest BCUT2D eigenvalue weighted by Crippen LogP contribution is 2.36. The highest BCUT2D eigenvalue weighted by molar-refractivity contribution is 8.14. The van der Waals surface area contributed by atoms with Gasteiger partial charge in [-0.15, -0.1) is 0 Å². The molecule has 2 aromatic rings. The third-order valence-corrected chi connectivity index (χ3v) is 4.99. The zero-order chi connectivity index (χ0) is 17.5. The topological polar surface area (TPSA) is 26.3 Å². The van der Waals surface area contributed by atoms with E-state index in [1.165, 1.54) is 0 Å². The molecule has 0 aliphatic rings. The smallest absolute Gasteiger partial charge is 0.224 e. The second-order valence-electron chi connectivity index (χ2n) is 5.17. The molecule has 2 nitrogen and oxygen atoms in total. The SMILES string of the molecule is CCCCCOc1c(Cl)cc(C(=O)Sc2ccc(Cl)cc2)cc1Cl. The summed E-state index contributed by atoms with van der Waals surface area (Å²) in [7, 11) is 0. The van der Waals surface area contributed by atoms with Gasteiger partial charge in [0.05, 0.1) is 16.7 Å². The summed E-state index contributed by atoms with van der Waals surface area (Å²) in [6.45, 7) is 2.68. The van der Waals surface area contributed by atoms with E-state index in [9.17, 15) is 4.79 Å². The molecule has 0 radical (unpaired) electrons. The van der Waals surface area contributed by atoms with Crippen LogP contribution in [0.2, 0.25) is 15.1 Å². The first-order chi connectivity index (χ1) is 11.5. The zero-order valence-corrected chi connectivity index (χ0v) is 16.2. The first-order valence-corrected chi connectivity index (χ1v) is 9.56. The summed E-state index contributed by atoms with van der Waals surface area (Å²) >= 11 is 19.4. The van der Waals surface area contributed by atoms with E-state index in [1.807, 2.05) is 0 Å². The van der Waals surface area contributed by atoms with E-state index in [2.05, 4.69) is 6.92 Å². The van der Waals surface area contributed by atoms with Gasteiger partial charge in [-0.3, -0.25) is 4.79 Å². The molecule has 6 heteroatoms. The van der Waals surface area contributed by atoms with Crippen LogP contribution in [0.4, 0.5) is 0 Å². The molecule has 0 aromatic heterocycles. The number of unbranched alkanes of at least 4 members (excludes halogenated alkanes) is 2. The Morgan fingerprint density at radius 2 is 1.67 bits per heavy atom. The molecule has 0 saturated carbocycles. The van der Waals surface area contributed by atoms with E-state index in [-0.39, 0.29) is 5.12 Å². The molecule has 2 aromatic carbocycles. The van der Waals surface area contributed by atoms with Crippen molar-refractivity contribution in [2.24, 2.45) is 0 Å². The predicted molar refractivity (Wildman–Crippen MR) is 103 cm³/mol. The summed E-state index contributed by atoms with van der Waals surface area (Å²) in [5.41, 5.74) is 0.436. The molecule has 24 heavy (non-hydrogen) atoms. The maximum absolute atomic E-state index is 12.4. The van der Waals surface area contributed by atoms with E-state index in [1.54, 1.807) is 36.4 Å². The van der Waals surface area contributed by atoms with Crippen molar-refractivity contribution in [3.05, 3.63) is 57.0 Å². The standard InChI is InChI=1S/C18H17Cl3O2S/c1-2-3-4-9-23-17-15(20)10-12(11-16(17)21)18(22)24-14-7-5-13(19)6-8-14/h5-8,10-11H,2-4,9H2,1H3. The molecule has 0 aliphatic carbocycles. The summed E-state index contributed by atoms with van der Waals surface area (Å²) in [5.74, 6) is 0.433. The normalized spacial score (nSPS) is 10.7. The van der Waals surface area contributed by atoms with Gasteiger partial charge in [-0.25, -0.2) is 0 Å². The summed E-state index contributed by atoms with van der Waals surface area (Å²) in [4.78, 5) is 13.2. The number of rotatable bonds is 7. The molecular formula is C18H17Cl3O2S. The van der Waals surface area contributed by atoms with E-state index in [0.29, 0.717) is 33.0 Å². The van der Waals surface area contributed by atoms with Crippen molar-refractivity contribution >= 4 is 51.7 Å². The number of carbonyl (C=O) groups is 1. The van der Waals surface area contributed by atoms with Crippen LogP contribution in [0.3, 0.4) is 0 Å². The second kappa shape index (κ2) is 9.57. The Morgan fingerprint density at radius 3 is 2.25 bits per heavy atom. The Balaban J connectivity index is 2.07. The average molecular weight is 404 g/mol. The van der Waals surface area contributed by atoms with Gasteiger partial charge >= 0.3 is 0 Å². The number of carbonyl (C=O) groups excluding carboxylic acids is 1. The molecule has 0 amide bonds. The van der Waals surface area contributed by atoms with Gasteiger partial charge in [-0.05, 0) is 54.6 Å². The van der Waals surface area contributed by atoms with E-state index < -0.39 is 0 Å². The molecule has 0 unspecified atom stereocenters. The number of ether oxygens (including phenoxy) is 1. The quantitative estimate of drug-likeness (QED) is 0.363. The lowest BCUT2D eigenvalue weighted by molar-refractivity contribution is 0.108. The van der Waals surface area contributed by atoms with Crippen molar-refractivity contribution in [1.82, 2.24) is 0 Å². The van der Waals surface area contributed by atoms with Crippen LogP contribution in [0.5, 0.6) is 5.75 Å². The lowest BCUT2D eigenvalue weighted by Gasteiger charge is -2.11. The second-order valence-corrected chi connectivity index (χ2v) is 7.47. The highest BCUT2D eigenvalue weighted by atomic mass is 35.5. The van der Waals surface area contributed by atoms with Gasteiger partial charge in [0.2, 0.25) is 5.12 Å². The molecule has 0 aliphatic heterocycles. The fourth-order valence-electron chi connectivity index (χ4n) is 2.01. The molecule has 0 N–H and O–H groups in total. The molecule has 0 heterocycles. The number of benzene rings is 2. The fourth-order valence-corrected chi connectivity index (χ4v) is 3.45. The van der Waals surface area contributed by atoms with Crippen LogP contribution in [0, 0.1) is 0 Å². The van der Waals surface area contributed by atoms with Crippen molar-refractivity contribution in [1.29, 1.82) is 0 Å². The molecule has 0 atom stereocenters. The highest BCUT2D eigenvalue weighted by Gasteiger charge is 2.15. The number of hydrogen-bond acceptors (Lipinski definition) is 3. The van der Waals surface area contributed by atoms with E-state index in [0.717, 1.165) is 35.9 Å². The third kappa shape index (κ3) is 5.59. The maximum atomic E-state index is 12.4. The van der Waals surface area contributed by atoms with E-state index >= 15 is 0 Å². The predicted octanol–water partition coefficient (Wildman–Crippen LogP) is 7.15. The summed E-state index contributed by atoms with van der Waals surface area (Å²) in [5, 5.41) is 1.18. The van der Waals surface area contributed by atoms with Crippen LogP contribution in [-0.4, -0.2) is 11.7 Å². The first kappa shape index (κ1) is 19.5. The van der Waals surface area contributed by atoms with Gasteiger partial charge in [-0.1, -0.05) is 54.6 Å². The lowest BCUT2D eigenvalue weighted by atomic mass is 10.2. The molecule has 128 valence electrons. The van der Waals surface area contributed by atoms with Gasteiger partial charge in [-0.2, -0.15) is 0 Å². The largest absolute Gasteiger partial charge is 0.490 e. The van der Waals surface area contributed by atoms with Crippen LogP contribution in [0.1, 0.15) is 36.5 Å². The molecular weight excluding hydrogens is 387 g/mol. The molecule has 0 fully saturated rings. The molecule has 2 rings (SSSR count). The minimum Gasteiger partial charge on any atom is -0.490 e. The number of hydrogen-bond donors (Lipinski definition) is 0. The zero-order valence-electron chi connectivity index (χ0n) is 13.2. The fraction of sp³-hybridized carbons (Fsp3) is 0.278. The maximum Gasteiger partial charge on any atom is 0.224 e. The monoisotopic (exact) mass is 402 g/mol. The van der Waals surface area contributed by atoms with Gasteiger partial charge in [0.15, 0.2) is 5.75 Å². The summed E-state index contributed by atoms with van der Waals surface area (Å²) in [6.07, 6.45) is 3.14. The molecule has 0 bridgehead atoms. The van der Waals surface area contributed by atoms with Crippen LogP contribution in [0.15, 0.2) is 41.3 Å². The number of halogens is 3. The Bertz CT molecular complexity index is 679. The van der Waals surface area contributed by atoms with Crippen LogP contribution >= 0.6 is 46.6 Å². The summed E-state index contributed by atoms with van der Waals surface area (Å²) < 4.78 is 5.64. The minimum atomic E-state index is -0.140. The third-order valence-electron chi connectivity index (χ3n) is 3.25. The van der Waals surface area contributed by atoms with Crippen molar-refractivity contribution in [3.63, 3.8) is 0 Å². The van der Waals surface area contributed by atoms with E-state index in [4.69, 9.17) is 39.5 Å². The Kier molecular flexibility index (Phi) is 7.76. The Morgan fingerprint density at radius 1 is 1.04 bits per heavy atom.